The van der Waals surface area contributed by atoms with Crippen LogP contribution in [0.4, 0.5) is 4.79 Å². The van der Waals surface area contributed by atoms with Crippen molar-refractivity contribution in [2.75, 3.05) is 13.1 Å². The maximum Gasteiger partial charge on any atom is 0.410 e. The number of rotatable bonds is 0. The van der Waals surface area contributed by atoms with Crippen molar-refractivity contribution in [3.8, 4) is 0 Å². The van der Waals surface area contributed by atoms with Crippen LogP contribution >= 0.6 is 0 Å². The van der Waals surface area contributed by atoms with Gasteiger partial charge in [-0.15, -0.1) is 0 Å². The second-order valence-corrected chi connectivity index (χ2v) is 8.92. The molecule has 2 N–H and O–H groups in total. The molecule has 2 fully saturated rings. The lowest BCUT2D eigenvalue weighted by atomic mass is 9.51. The largest absolute Gasteiger partial charge is 0.440 e. The average Bonchev–Trinajstić information content (AvgIpc) is 3.29. The predicted molar refractivity (Wildman–Crippen MR) is 96.5 cm³/mol. The van der Waals surface area contributed by atoms with Crippen LogP contribution in [0.25, 0.3) is 0 Å². The van der Waals surface area contributed by atoms with E-state index in [1.165, 1.54) is 5.57 Å². The van der Waals surface area contributed by atoms with Gasteiger partial charge in [0, 0.05) is 36.2 Å². The number of Topliss-reactive ketones (excluding diaryl/α,β-unsaturated/α-hetero) is 1. The zero-order valence-electron chi connectivity index (χ0n) is 15.6. The number of allylic oxidation sites excluding steroid dienone is 3. The SMILES string of the molecule is C[C@@H]1C2=C3[C@@H](CCN4C(=O)O[C@H]([C@H]2O)[C@H]34)[C@@]2(C=CC3=C2C(=O)CCN3)[C@@H]1C. The lowest BCUT2D eigenvalue weighted by Gasteiger charge is -2.54. The summed E-state index contributed by atoms with van der Waals surface area (Å²) in [5, 5.41) is 14.4. The van der Waals surface area contributed by atoms with Crippen LogP contribution in [0.15, 0.2) is 34.6 Å². The zero-order chi connectivity index (χ0) is 18.7. The third-order valence-corrected chi connectivity index (χ3v) is 8.18. The number of ether oxygens (including phenoxy) is 1. The number of carbonyl (C=O) groups is 2. The van der Waals surface area contributed by atoms with Crippen molar-refractivity contribution in [1.29, 1.82) is 0 Å². The molecule has 7 atom stereocenters. The molecule has 0 radical (unpaired) electrons. The zero-order valence-corrected chi connectivity index (χ0v) is 15.6. The van der Waals surface area contributed by atoms with E-state index >= 15 is 0 Å². The van der Waals surface area contributed by atoms with E-state index in [0.29, 0.717) is 19.5 Å². The number of carbonyl (C=O) groups excluding carboxylic acids is 2. The second kappa shape index (κ2) is 4.85. The first-order chi connectivity index (χ1) is 13.0. The number of nitrogens with one attached hydrogen (secondary N) is 1. The van der Waals surface area contributed by atoms with Crippen LogP contribution < -0.4 is 5.32 Å². The fourth-order valence-corrected chi connectivity index (χ4v) is 7.00. The molecule has 2 saturated heterocycles. The van der Waals surface area contributed by atoms with Crippen molar-refractivity contribution < 1.29 is 19.4 Å². The molecule has 0 unspecified atom stereocenters. The van der Waals surface area contributed by atoms with E-state index in [9.17, 15) is 14.7 Å². The highest BCUT2D eigenvalue weighted by Gasteiger charge is 2.66. The van der Waals surface area contributed by atoms with Crippen LogP contribution in [0.1, 0.15) is 26.7 Å². The fourth-order valence-electron chi connectivity index (χ4n) is 7.00. The van der Waals surface area contributed by atoms with E-state index in [2.05, 4.69) is 31.3 Å². The Kier molecular flexibility index (Phi) is 2.86. The van der Waals surface area contributed by atoms with E-state index in [1.807, 2.05) is 0 Å². The number of aliphatic hydroxyl groups is 1. The second-order valence-electron chi connectivity index (χ2n) is 8.92. The van der Waals surface area contributed by atoms with Gasteiger partial charge in [-0.25, -0.2) is 4.79 Å². The number of ketones is 1. The summed E-state index contributed by atoms with van der Waals surface area (Å²) in [5.74, 6) is 0.709. The molecule has 0 aromatic heterocycles. The summed E-state index contributed by atoms with van der Waals surface area (Å²) in [4.78, 5) is 27.1. The minimum atomic E-state index is -0.728. The predicted octanol–water partition coefficient (Wildman–Crippen LogP) is 1.53. The monoisotopic (exact) mass is 368 g/mol. The molecule has 6 rings (SSSR count). The number of amides is 1. The number of aliphatic hydroxyl groups excluding tert-OH is 1. The topological polar surface area (TPSA) is 78.9 Å². The molecule has 6 heteroatoms. The quantitative estimate of drug-likeness (QED) is 0.634. The van der Waals surface area contributed by atoms with Gasteiger partial charge in [0.25, 0.3) is 0 Å². The Labute approximate surface area is 157 Å². The van der Waals surface area contributed by atoms with Crippen molar-refractivity contribution in [3.63, 3.8) is 0 Å². The van der Waals surface area contributed by atoms with Crippen LogP contribution in [0.3, 0.4) is 0 Å². The number of nitrogens with zero attached hydrogens (tertiary/aromatic N) is 1. The molecule has 0 saturated carbocycles. The smallest absolute Gasteiger partial charge is 0.410 e. The van der Waals surface area contributed by atoms with Crippen LogP contribution in [-0.4, -0.2) is 53.2 Å². The van der Waals surface area contributed by atoms with Crippen molar-refractivity contribution in [2.45, 2.75) is 44.9 Å². The lowest BCUT2D eigenvalue weighted by molar-refractivity contribution is -0.117. The minimum absolute atomic E-state index is 0.127. The molecule has 3 heterocycles. The van der Waals surface area contributed by atoms with Crippen LogP contribution in [0.2, 0.25) is 0 Å². The van der Waals surface area contributed by atoms with Gasteiger partial charge in [0.05, 0.1) is 6.04 Å². The molecule has 1 spiro atoms. The number of fused-ring (bicyclic) bond motifs is 2. The first kappa shape index (κ1) is 15.9. The lowest BCUT2D eigenvalue weighted by Crippen LogP contribution is -2.54. The Morgan fingerprint density at radius 1 is 1.30 bits per heavy atom. The molecule has 142 valence electrons. The van der Waals surface area contributed by atoms with Crippen molar-refractivity contribution in [1.82, 2.24) is 10.2 Å². The summed E-state index contributed by atoms with van der Waals surface area (Å²) in [6, 6.07) is -0.169. The van der Waals surface area contributed by atoms with E-state index in [1.54, 1.807) is 4.90 Å². The summed E-state index contributed by atoms with van der Waals surface area (Å²) in [5.41, 5.74) is 3.80. The summed E-state index contributed by atoms with van der Waals surface area (Å²) < 4.78 is 5.57. The van der Waals surface area contributed by atoms with Gasteiger partial charge in [-0.2, -0.15) is 0 Å². The van der Waals surface area contributed by atoms with Gasteiger partial charge < -0.3 is 15.2 Å². The molecule has 6 nitrogen and oxygen atoms in total. The maximum atomic E-state index is 13.0. The van der Waals surface area contributed by atoms with Gasteiger partial charge in [-0.3, -0.25) is 9.69 Å². The van der Waals surface area contributed by atoms with E-state index in [-0.39, 0.29) is 41.1 Å². The van der Waals surface area contributed by atoms with Gasteiger partial charge in [-0.05, 0) is 41.4 Å². The molecule has 0 bridgehead atoms. The Bertz CT molecular complexity index is 887. The van der Waals surface area contributed by atoms with Gasteiger partial charge >= 0.3 is 6.09 Å². The Morgan fingerprint density at radius 2 is 2.11 bits per heavy atom. The highest BCUT2D eigenvalue weighted by Crippen LogP contribution is 2.65. The third kappa shape index (κ3) is 1.59. The minimum Gasteiger partial charge on any atom is -0.440 e. The molecule has 0 aromatic carbocycles. The first-order valence-corrected chi connectivity index (χ1v) is 10.1. The van der Waals surface area contributed by atoms with Gasteiger partial charge in [0.2, 0.25) is 0 Å². The highest BCUT2D eigenvalue weighted by atomic mass is 16.6. The van der Waals surface area contributed by atoms with Crippen molar-refractivity contribution in [2.24, 2.45) is 23.2 Å². The summed E-state index contributed by atoms with van der Waals surface area (Å²) in [7, 11) is 0. The van der Waals surface area contributed by atoms with E-state index in [4.69, 9.17) is 4.74 Å². The fraction of sp³-hybridized carbons (Fsp3) is 0.619. The number of hydrogen-bond donors (Lipinski definition) is 2. The van der Waals surface area contributed by atoms with E-state index < -0.39 is 12.2 Å². The standard InChI is InChI=1S/C21H24N2O4/c1-9-10(2)21(6-3-12-16(21)13(24)4-7-22-12)11-5-8-23-17-15(11)14(9)18(25)19(17)27-20(23)26/h3,6,9-11,17-19,22,25H,4-5,7-8H2,1-2H3/t9-,10+,11+,17-,18-,19-,21+/m0/s1. The first-order valence-electron chi connectivity index (χ1n) is 10.1. The Balaban J connectivity index is 1.58. The van der Waals surface area contributed by atoms with Gasteiger partial charge in [0.15, 0.2) is 11.9 Å². The average molecular weight is 368 g/mol. The Morgan fingerprint density at radius 3 is 2.93 bits per heavy atom. The van der Waals surface area contributed by atoms with Gasteiger partial charge in [0.1, 0.15) is 6.10 Å². The normalized spacial score (nSPS) is 46.9. The van der Waals surface area contributed by atoms with E-state index in [0.717, 1.165) is 23.3 Å². The highest BCUT2D eigenvalue weighted by molar-refractivity contribution is 6.00. The molecule has 1 amide bonds. The number of piperidine rings is 1. The molecular formula is C21H24N2O4. The molecule has 3 aliphatic heterocycles. The van der Waals surface area contributed by atoms with Crippen molar-refractivity contribution >= 4 is 11.9 Å². The summed E-state index contributed by atoms with van der Waals surface area (Å²) in [6.45, 7) is 5.69. The third-order valence-electron chi connectivity index (χ3n) is 8.18. The molecule has 27 heavy (non-hydrogen) atoms. The van der Waals surface area contributed by atoms with Crippen LogP contribution in [0, 0.1) is 23.2 Å². The summed E-state index contributed by atoms with van der Waals surface area (Å²) >= 11 is 0. The molecular weight excluding hydrogens is 344 g/mol. The molecule has 3 aliphatic carbocycles. The molecule has 6 aliphatic rings. The maximum absolute atomic E-state index is 13.0. The summed E-state index contributed by atoms with van der Waals surface area (Å²) in [6.07, 6.45) is 4.14. The van der Waals surface area contributed by atoms with Crippen LogP contribution in [-0.2, 0) is 9.53 Å². The van der Waals surface area contributed by atoms with Crippen LogP contribution in [0.5, 0.6) is 0 Å². The molecule has 0 aromatic rings. The van der Waals surface area contributed by atoms with Gasteiger partial charge in [-0.1, -0.05) is 19.9 Å². The number of hydrogen-bond acceptors (Lipinski definition) is 5. The van der Waals surface area contributed by atoms with Crippen molar-refractivity contribution in [3.05, 3.63) is 34.6 Å². The Hall–Kier alpha value is -2.08.